The lowest BCUT2D eigenvalue weighted by Crippen LogP contribution is -2.12. The minimum atomic E-state index is 0.732. The molecule has 0 aliphatic carbocycles. The Labute approximate surface area is 99.0 Å². The van der Waals surface area contributed by atoms with Crippen molar-refractivity contribution in [3.63, 3.8) is 0 Å². The van der Waals surface area contributed by atoms with Crippen LogP contribution in [-0.2, 0) is 6.54 Å². The van der Waals surface area contributed by atoms with Crippen LogP contribution >= 0.6 is 11.3 Å². The average molecular weight is 234 g/mol. The number of rotatable bonds is 4. The first-order valence-electron chi connectivity index (χ1n) is 4.99. The molecule has 2 aromatic heterocycles. The molecular weight excluding hydrogens is 220 g/mol. The first-order valence-corrected chi connectivity index (χ1v) is 5.94. The lowest BCUT2D eigenvalue weighted by atomic mass is 10.3. The first-order chi connectivity index (χ1) is 7.77. The maximum absolute atomic E-state index is 4.23. The van der Waals surface area contributed by atoms with Crippen LogP contribution in [0.5, 0.6) is 0 Å². The van der Waals surface area contributed by atoms with E-state index in [1.165, 1.54) is 0 Å². The summed E-state index contributed by atoms with van der Waals surface area (Å²) in [6, 6.07) is 1.99. The maximum atomic E-state index is 4.23. The van der Waals surface area contributed by atoms with Crippen LogP contribution in [-0.4, -0.2) is 24.1 Å². The molecule has 0 aliphatic rings. The zero-order valence-corrected chi connectivity index (χ0v) is 10.2. The van der Waals surface area contributed by atoms with Gasteiger partial charge in [0.2, 0.25) is 0 Å². The van der Waals surface area contributed by atoms with Crippen molar-refractivity contribution in [2.24, 2.45) is 0 Å². The molecule has 84 valence electrons. The molecule has 0 unspecified atom stereocenters. The van der Waals surface area contributed by atoms with Crippen molar-refractivity contribution in [1.29, 1.82) is 0 Å². The molecule has 0 saturated carbocycles. The smallest absolute Gasteiger partial charge is 0.0795 e. The number of aromatic nitrogens is 2. The number of nitrogens with one attached hydrogen (secondary N) is 1. The van der Waals surface area contributed by atoms with Gasteiger partial charge < -0.3 is 10.2 Å². The van der Waals surface area contributed by atoms with Gasteiger partial charge in [-0.1, -0.05) is 0 Å². The van der Waals surface area contributed by atoms with Crippen molar-refractivity contribution in [3.05, 3.63) is 35.0 Å². The summed E-state index contributed by atoms with van der Waals surface area (Å²) in [7, 11) is 4.03. The summed E-state index contributed by atoms with van der Waals surface area (Å²) in [5, 5.41) is 5.38. The van der Waals surface area contributed by atoms with Gasteiger partial charge in [-0.3, -0.25) is 4.98 Å². The summed E-state index contributed by atoms with van der Waals surface area (Å²) in [5.74, 6) is 0. The Kier molecular flexibility index (Phi) is 3.36. The summed E-state index contributed by atoms with van der Waals surface area (Å²) in [4.78, 5) is 10.4. The molecule has 2 aromatic rings. The molecule has 4 nitrogen and oxygen atoms in total. The molecule has 0 radical (unpaired) electrons. The standard InChI is InChI=1S/C11H14N4S/c1-15(2)11-3-4-12-6-10(11)13-5-9-7-16-8-14-9/h3-4,6-8,13H,5H2,1-2H3. The average Bonchev–Trinajstić information content (AvgIpc) is 2.79. The third-order valence-corrected chi connectivity index (χ3v) is 2.86. The van der Waals surface area contributed by atoms with Crippen LogP contribution in [0.15, 0.2) is 29.4 Å². The second-order valence-corrected chi connectivity index (χ2v) is 4.34. The van der Waals surface area contributed by atoms with Gasteiger partial charge in [0.15, 0.2) is 0 Å². The molecule has 0 saturated heterocycles. The summed E-state index contributed by atoms with van der Waals surface area (Å²) < 4.78 is 0. The molecule has 0 bridgehead atoms. The number of pyridine rings is 1. The highest BCUT2D eigenvalue weighted by Crippen LogP contribution is 2.22. The minimum absolute atomic E-state index is 0.732. The van der Waals surface area contributed by atoms with Crippen molar-refractivity contribution in [1.82, 2.24) is 9.97 Å². The van der Waals surface area contributed by atoms with E-state index < -0.39 is 0 Å². The molecule has 0 aromatic carbocycles. The summed E-state index contributed by atoms with van der Waals surface area (Å²) in [6.07, 6.45) is 3.63. The van der Waals surface area contributed by atoms with Crippen LogP contribution in [0.2, 0.25) is 0 Å². The highest BCUT2D eigenvalue weighted by Gasteiger charge is 2.03. The molecule has 2 rings (SSSR count). The van der Waals surface area contributed by atoms with Crippen LogP contribution < -0.4 is 10.2 Å². The molecule has 2 heterocycles. The second-order valence-electron chi connectivity index (χ2n) is 3.62. The van der Waals surface area contributed by atoms with E-state index in [0.717, 1.165) is 23.6 Å². The Hall–Kier alpha value is -1.62. The van der Waals surface area contributed by atoms with E-state index in [-0.39, 0.29) is 0 Å². The molecule has 0 aliphatic heterocycles. The second kappa shape index (κ2) is 4.94. The van der Waals surface area contributed by atoms with E-state index in [9.17, 15) is 0 Å². The van der Waals surface area contributed by atoms with Gasteiger partial charge >= 0.3 is 0 Å². The molecular formula is C11H14N4S. The Morgan fingerprint density at radius 1 is 1.44 bits per heavy atom. The van der Waals surface area contributed by atoms with E-state index in [1.807, 2.05) is 37.2 Å². The molecule has 0 fully saturated rings. The van der Waals surface area contributed by atoms with Gasteiger partial charge in [-0.2, -0.15) is 0 Å². The van der Waals surface area contributed by atoms with Crippen molar-refractivity contribution >= 4 is 22.7 Å². The van der Waals surface area contributed by atoms with Gasteiger partial charge in [-0.05, 0) is 6.07 Å². The van der Waals surface area contributed by atoms with Gasteiger partial charge in [0.05, 0.1) is 35.3 Å². The molecule has 0 amide bonds. The minimum Gasteiger partial charge on any atom is -0.376 e. The lowest BCUT2D eigenvalue weighted by molar-refractivity contribution is 1.05. The Balaban J connectivity index is 2.09. The topological polar surface area (TPSA) is 41.1 Å². The number of anilines is 2. The van der Waals surface area contributed by atoms with Crippen molar-refractivity contribution in [3.8, 4) is 0 Å². The van der Waals surface area contributed by atoms with Gasteiger partial charge in [0.25, 0.3) is 0 Å². The molecule has 1 N–H and O–H groups in total. The fraction of sp³-hybridized carbons (Fsp3) is 0.273. The zero-order chi connectivity index (χ0) is 11.4. The quantitative estimate of drug-likeness (QED) is 0.880. The highest BCUT2D eigenvalue weighted by atomic mass is 32.1. The van der Waals surface area contributed by atoms with Crippen molar-refractivity contribution in [2.45, 2.75) is 6.54 Å². The van der Waals surface area contributed by atoms with Crippen molar-refractivity contribution < 1.29 is 0 Å². The third-order valence-electron chi connectivity index (χ3n) is 2.22. The summed E-state index contributed by atoms with van der Waals surface area (Å²) >= 11 is 1.61. The Morgan fingerprint density at radius 2 is 2.31 bits per heavy atom. The van der Waals surface area contributed by atoms with Crippen LogP contribution in [0.4, 0.5) is 11.4 Å². The van der Waals surface area contributed by atoms with E-state index in [2.05, 4.69) is 20.2 Å². The first kappa shape index (κ1) is 10.9. The van der Waals surface area contributed by atoms with Crippen molar-refractivity contribution in [2.75, 3.05) is 24.3 Å². The predicted octanol–water partition coefficient (Wildman–Crippen LogP) is 2.22. The summed E-state index contributed by atoms with van der Waals surface area (Å²) in [6.45, 7) is 0.732. The number of hydrogen-bond donors (Lipinski definition) is 1. The third kappa shape index (κ3) is 2.49. The van der Waals surface area contributed by atoms with E-state index in [1.54, 1.807) is 17.5 Å². The fourth-order valence-corrected chi connectivity index (χ4v) is 1.98. The number of thiazole rings is 1. The zero-order valence-electron chi connectivity index (χ0n) is 9.34. The maximum Gasteiger partial charge on any atom is 0.0795 e. The number of hydrogen-bond acceptors (Lipinski definition) is 5. The van der Waals surface area contributed by atoms with Crippen LogP contribution in [0.1, 0.15) is 5.69 Å². The van der Waals surface area contributed by atoms with Crippen LogP contribution in [0.25, 0.3) is 0 Å². The normalized spacial score (nSPS) is 10.1. The van der Waals surface area contributed by atoms with E-state index in [4.69, 9.17) is 0 Å². The fourth-order valence-electron chi connectivity index (χ4n) is 1.42. The van der Waals surface area contributed by atoms with Gasteiger partial charge in [0, 0.05) is 25.7 Å². The Bertz CT molecular complexity index is 439. The van der Waals surface area contributed by atoms with E-state index >= 15 is 0 Å². The SMILES string of the molecule is CN(C)c1ccncc1NCc1cscn1. The monoisotopic (exact) mass is 234 g/mol. The Morgan fingerprint density at radius 3 is 3.00 bits per heavy atom. The van der Waals surface area contributed by atoms with Crippen LogP contribution in [0, 0.1) is 0 Å². The van der Waals surface area contributed by atoms with E-state index in [0.29, 0.717) is 0 Å². The van der Waals surface area contributed by atoms with Gasteiger partial charge in [-0.15, -0.1) is 11.3 Å². The molecule has 0 atom stereocenters. The lowest BCUT2D eigenvalue weighted by Gasteiger charge is -2.17. The molecule has 0 spiro atoms. The van der Waals surface area contributed by atoms with Gasteiger partial charge in [0.1, 0.15) is 0 Å². The molecule has 16 heavy (non-hydrogen) atoms. The highest BCUT2D eigenvalue weighted by molar-refractivity contribution is 7.07. The summed E-state index contributed by atoms with van der Waals surface area (Å²) in [5.41, 5.74) is 5.05. The largest absolute Gasteiger partial charge is 0.376 e. The van der Waals surface area contributed by atoms with Crippen LogP contribution in [0.3, 0.4) is 0 Å². The molecule has 5 heteroatoms. The van der Waals surface area contributed by atoms with Gasteiger partial charge in [-0.25, -0.2) is 4.98 Å². The predicted molar refractivity (Wildman–Crippen MR) is 68.0 cm³/mol. The number of nitrogens with zero attached hydrogens (tertiary/aromatic N) is 3.